The summed E-state index contributed by atoms with van der Waals surface area (Å²) in [5.74, 6) is 0.863. The van der Waals surface area contributed by atoms with E-state index in [-0.39, 0.29) is 11.8 Å². The van der Waals surface area contributed by atoms with Gasteiger partial charge in [0.1, 0.15) is 5.75 Å². The van der Waals surface area contributed by atoms with Crippen LogP contribution in [-0.2, 0) is 16.0 Å². The van der Waals surface area contributed by atoms with Crippen LogP contribution in [0.25, 0.3) is 0 Å². The van der Waals surface area contributed by atoms with Crippen molar-refractivity contribution >= 4 is 17.5 Å². The average Bonchev–Trinajstić information content (AvgIpc) is 2.61. The molecule has 0 atom stereocenters. The summed E-state index contributed by atoms with van der Waals surface area (Å²) in [6.45, 7) is 2.50. The molecule has 0 radical (unpaired) electrons. The van der Waals surface area contributed by atoms with Gasteiger partial charge in [0.15, 0.2) is 0 Å². The molecule has 0 aromatic heterocycles. The van der Waals surface area contributed by atoms with Gasteiger partial charge in [0.25, 0.3) is 0 Å². The van der Waals surface area contributed by atoms with E-state index >= 15 is 0 Å². The highest BCUT2D eigenvalue weighted by atomic mass is 16.5. The fraction of sp³-hybridized carbons (Fsp3) is 0.333. The molecule has 0 aliphatic rings. The van der Waals surface area contributed by atoms with E-state index in [2.05, 4.69) is 5.32 Å². The van der Waals surface area contributed by atoms with Crippen LogP contribution < -0.4 is 10.1 Å². The van der Waals surface area contributed by atoms with Gasteiger partial charge in [-0.3, -0.25) is 9.59 Å². The average molecular weight is 354 g/mol. The molecule has 0 saturated heterocycles. The van der Waals surface area contributed by atoms with Gasteiger partial charge in [0.2, 0.25) is 11.8 Å². The van der Waals surface area contributed by atoms with Crippen LogP contribution in [-0.4, -0.2) is 37.4 Å². The largest absolute Gasteiger partial charge is 0.493 e. The summed E-state index contributed by atoms with van der Waals surface area (Å²) in [5, 5.41) is 2.87. The summed E-state index contributed by atoms with van der Waals surface area (Å²) in [7, 11) is 3.47. The lowest BCUT2D eigenvalue weighted by Crippen LogP contribution is -2.23. The van der Waals surface area contributed by atoms with Gasteiger partial charge in [-0.25, -0.2) is 0 Å². The second-order valence-corrected chi connectivity index (χ2v) is 6.43. The maximum absolute atomic E-state index is 12.0. The second kappa shape index (κ2) is 9.61. The molecule has 5 heteroatoms. The SMILES string of the molecule is Cc1ccccc1OCCCC(=O)Nc1ccc(CC(=O)N(C)C)cc1. The number of amides is 2. The van der Waals surface area contributed by atoms with Gasteiger partial charge in [-0.1, -0.05) is 30.3 Å². The molecule has 2 aromatic rings. The Balaban J connectivity index is 1.72. The lowest BCUT2D eigenvalue weighted by Gasteiger charge is -2.11. The number of nitrogens with zero attached hydrogens (tertiary/aromatic N) is 1. The number of nitrogens with one attached hydrogen (secondary N) is 1. The van der Waals surface area contributed by atoms with E-state index in [1.165, 1.54) is 0 Å². The van der Waals surface area contributed by atoms with Gasteiger partial charge in [0, 0.05) is 26.2 Å². The molecule has 26 heavy (non-hydrogen) atoms. The first-order valence-electron chi connectivity index (χ1n) is 8.73. The number of carbonyl (C=O) groups excluding carboxylic acids is 2. The molecule has 1 N–H and O–H groups in total. The number of benzene rings is 2. The number of hydrogen-bond donors (Lipinski definition) is 1. The summed E-state index contributed by atoms with van der Waals surface area (Å²) in [6.07, 6.45) is 1.40. The van der Waals surface area contributed by atoms with Crippen LogP contribution in [0.3, 0.4) is 0 Å². The Morgan fingerprint density at radius 2 is 1.73 bits per heavy atom. The molecule has 0 heterocycles. The third-order valence-corrected chi connectivity index (χ3v) is 3.99. The Morgan fingerprint density at radius 3 is 2.38 bits per heavy atom. The van der Waals surface area contributed by atoms with Crippen LogP contribution in [0.5, 0.6) is 5.75 Å². The standard InChI is InChI=1S/C21H26N2O3/c1-16-7-4-5-8-19(16)26-14-6-9-20(24)22-18-12-10-17(11-13-18)15-21(25)23(2)3/h4-5,7-8,10-13H,6,9,14-15H2,1-3H3,(H,22,24). The third-order valence-electron chi connectivity index (χ3n) is 3.99. The Hall–Kier alpha value is -2.82. The third kappa shape index (κ3) is 6.24. The number of aryl methyl sites for hydroxylation is 1. The van der Waals surface area contributed by atoms with Crippen molar-refractivity contribution in [1.29, 1.82) is 0 Å². The first kappa shape index (κ1) is 19.5. The van der Waals surface area contributed by atoms with Gasteiger partial charge in [-0.15, -0.1) is 0 Å². The van der Waals surface area contributed by atoms with Gasteiger partial charge < -0.3 is 15.0 Å². The molecule has 138 valence electrons. The number of rotatable bonds is 8. The minimum absolute atomic E-state index is 0.0458. The molecule has 0 aliphatic carbocycles. The fourth-order valence-electron chi connectivity index (χ4n) is 2.40. The van der Waals surface area contributed by atoms with Crippen LogP contribution in [0.1, 0.15) is 24.0 Å². The minimum Gasteiger partial charge on any atom is -0.493 e. The van der Waals surface area contributed by atoms with Crippen molar-refractivity contribution in [3.8, 4) is 5.75 Å². The van der Waals surface area contributed by atoms with Crippen LogP contribution in [0.15, 0.2) is 48.5 Å². The van der Waals surface area contributed by atoms with Crippen molar-refractivity contribution < 1.29 is 14.3 Å². The molecule has 2 amide bonds. The highest BCUT2D eigenvalue weighted by Gasteiger charge is 2.07. The van der Waals surface area contributed by atoms with E-state index in [1.54, 1.807) is 19.0 Å². The molecule has 2 rings (SSSR count). The zero-order valence-electron chi connectivity index (χ0n) is 15.6. The summed E-state index contributed by atoms with van der Waals surface area (Å²) in [6, 6.07) is 15.2. The highest BCUT2D eigenvalue weighted by Crippen LogP contribution is 2.16. The highest BCUT2D eigenvalue weighted by molar-refractivity contribution is 5.90. The number of ether oxygens (including phenoxy) is 1. The van der Waals surface area contributed by atoms with Gasteiger partial charge in [0.05, 0.1) is 13.0 Å². The van der Waals surface area contributed by atoms with E-state index in [0.717, 1.165) is 22.6 Å². The zero-order valence-corrected chi connectivity index (χ0v) is 15.6. The molecule has 5 nitrogen and oxygen atoms in total. The van der Waals surface area contributed by atoms with Crippen molar-refractivity contribution in [1.82, 2.24) is 4.90 Å². The number of likely N-dealkylation sites (N-methyl/N-ethyl adjacent to an activating group) is 1. The molecule has 0 unspecified atom stereocenters. The quantitative estimate of drug-likeness (QED) is 0.739. The Kier molecular flexibility index (Phi) is 7.21. The Bertz CT molecular complexity index is 739. The maximum Gasteiger partial charge on any atom is 0.226 e. The fourth-order valence-corrected chi connectivity index (χ4v) is 2.40. The van der Waals surface area contributed by atoms with Crippen LogP contribution in [0, 0.1) is 6.92 Å². The number of anilines is 1. The van der Waals surface area contributed by atoms with E-state index < -0.39 is 0 Å². The summed E-state index contributed by atoms with van der Waals surface area (Å²) in [4.78, 5) is 25.3. The van der Waals surface area contributed by atoms with Gasteiger partial charge in [-0.2, -0.15) is 0 Å². The number of hydrogen-bond acceptors (Lipinski definition) is 3. The van der Waals surface area contributed by atoms with E-state index in [4.69, 9.17) is 4.74 Å². The van der Waals surface area contributed by atoms with Crippen molar-refractivity contribution in [2.75, 3.05) is 26.0 Å². The molecular weight excluding hydrogens is 328 g/mol. The lowest BCUT2D eigenvalue weighted by molar-refractivity contribution is -0.128. The van der Waals surface area contributed by atoms with E-state index in [0.29, 0.717) is 25.9 Å². The topological polar surface area (TPSA) is 58.6 Å². The Labute approximate surface area is 155 Å². The molecule has 0 fully saturated rings. The first-order chi connectivity index (χ1) is 12.5. The van der Waals surface area contributed by atoms with E-state index in [1.807, 2.05) is 55.5 Å². The normalized spacial score (nSPS) is 10.3. The van der Waals surface area contributed by atoms with Crippen LogP contribution >= 0.6 is 0 Å². The van der Waals surface area contributed by atoms with Crippen molar-refractivity contribution in [3.63, 3.8) is 0 Å². The molecule has 0 spiro atoms. The zero-order chi connectivity index (χ0) is 18.9. The van der Waals surface area contributed by atoms with Gasteiger partial charge >= 0.3 is 0 Å². The number of carbonyl (C=O) groups is 2. The second-order valence-electron chi connectivity index (χ2n) is 6.43. The number of para-hydroxylation sites is 1. The molecule has 0 saturated carbocycles. The summed E-state index contributed by atoms with van der Waals surface area (Å²) in [5.41, 5.74) is 2.74. The Morgan fingerprint density at radius 1 is 1.04 bits per heavy atom. The van der Waals surface area contributed by atoms with Gasteiger partial charge in [-0.05, 0) is 42.7 Å². The van der Waals surface area contributed by atoms with Crippen molar-refractivity contribution in [3.05, 3.63) is 59.7 Å². The minimum atomic E-state index is -0.0458. The predicted octanol–water partition coefficient (Wildman–Crippen LogP) is 3.42. The monoisotopic (exact) mass is 354 g/mol. The van der Waals surface area contributed by atoms with Crippen LogP contribution in [0.2, 0.25) is 0 Å². The van der Waals surface area contributed by atoms with Crippen molar-refractivity contribution in [2.45, 2.75) is 26.2 Å². The molecule has 2 aromatic carbocycles. The van der Waals surface area contributed by atoms with Crippen LogP contribution in [0.4, 0.5) is 5.69 Å². The predicted molar refractivity (Wildman–Crippen MR) is 103 cm³/mol. The van der Waals surface area contributed by atoms with Crippen molar-refractivity contribution in [2.24, 2.45) is 0 Å². The molecule has 0 aliphatic heterocycles. The lowest BCUT2D eigenvalue weighted by atomic mass is 10.1. The summed E-state index contributed by atoms with van der Waals surface area (Å²) >= 11 is 0. The molecular formula is C21H26N2O3. The molecule has 0 bridgehead atoms. The first-order valence-corrected chi connectivity index (χ1v) is 8.73. The maximum atomic E-state index is 12.0. The van der Waals surface area contributed by atoms with E-state index in [9.17, 15) is 9.59 Å². The summed E-state index contributed by atoms with van der Waals surface area (Å²) < 4.78 is 5.69. The smallest absolute Gasteiger partial charge is 0.226 e.